The second-order valence-corrected chi connectivity index (χ2v) is 4.53. The molecule has 0 fully saturated rings. The third-order valence-corrected chi connectivity index (χ3v) is 2.83. The second kappa shape index (κ2) is 9.24. The molecule has 6 heteroatoms. The maximum atomic E-state index is 5.44. The highest BCUT2D eigenvalue weighted by Gasteiger charge is 2.05. The number of nitrogens with zero attached hydrogens (tertiary/aromatic N) is 3. The van der Waals surface area contributed by atoms with Crippen molar-refractivity contribution in [3.63, 3.8) is 0 Å². The summed E-state index contributed by atoms with van der Waals surface area (Å²) >= 11 is 3.33. The molecule has 0 unspecified atom stereocenters. The first-order valence-electron chi connectivity index (χ1n) is 6.02. The Balaban J connectivity index is 2.36. The molecular formula is C12H20BrN3O2. The van der Waals surface area contributed by atoms with Crippen molar-refractivity contribution >= 4 is 15.9 Å². The Morgan fingerprint density at radius 3 is 2.67 bits per heavy atom. The normalized spacial score (nSPS) is 10.9. The van der Waals surface area contributed by atoms with Crippen LogP contribution in [0.25, 0.3) is 0 Å². The van der Waals surface area contributed by atoms with Crippen LogP contribution in [0.4, 0.5) is 0 Å². The predicted molar refractivity (Wildman–Crippen MR) is 74.1 cm³/mol. The van der Waals surface area contributed by atoms with E-state index < -0.39 is 0 Å². The van der Waals surface area contributed by atoms with Gasteiger partial charge in [-0.2, -0.15) is 5.10 Å². The van der Waals surface area contributed by atoms with Gasteiger partial charge >= 0.3 is 0 Å². The molecule has 1 rings (SSSR count). The highest BCUT2D eigenvalue weighted by molar-refractivity contribution is 9.09. The van der Waals surface area contributed by atoms with Crippen molar-refractivity contribution < 1.29 is 9.47 Å². The molecule has 0 atom stereocenters. The lowest BCUT2D eigenvalue weighted by Crippen LogP contribution is -2.27. The van der Waals surface area contributed by atoms with E-state index in [0.717, 1.165) is 43.9 Å². The Hall–Kier alpha value is -0.720. The van der Waals surface area contributed by atoms with Crippen molar-refractivity contribution in [2.24, 2.45) is 0 Å². The van der Waals surface area contributed by atoms with Gasteiger partial charge in [0.1, 0.15) is 0 Å². The summed E-state index contributed by atoms with van der Waals surface area (Å²) in [5.41, 5.74) is 0.943. The average molecular weight is 318 g/mol. The van der Waals surface area contributed by atoms with Gasteiger partial charge in [0.2, 0.25) is 5.88 Å². The first-order valence-corrected chi connectivity index (χ1v) is 7.15. The first kappa shape index (κ1) is 15.3. The van der Waals surface area contributed by atoms with E-state index in [4.69, 9.17) is 9.47 Å². The molecule has 0 aromatic carbocycles. The van der Waals surface area contributed by atoms with Gasteiger partial charge in [-0.1, -0.05) is 22.9 Å². The third kappa shape index (κ3) is 5.75. The van der Waals surface area contributed by atoms with Crippen LogP contribution in [-0.4, -0.2) is 53.8 Å². The molecular weight excluding hydrogens is 298 g/mol. The van der Waals surface area contributed by atoms with Crippen LogP contribution in [0.2, 0.25) is 0 Å². The van der Waals surface area contributed by atoms with E-state index in [-0.39, 0.29) is 0 Å². The predicted octanol–water partition coefficient (Wildman–Crippen LogP) is 1.72. The molecule has 0 aliphatic heterocycles. The molecule has 1 aromatic heterocycles. The van der Waals surface area contributed by atoms with Crippen LogP contribution in [-0.2, 0) is 11.3 Å². The first-order chi connectivity index (χ1) is 8.80. The van der Waals surface area contributed by atoms with E-state index in [1.54, 1.807) is 7.11 Å². The number of methoxy groups -OCH3 is 1. The van der Waals surface area contributed by atoms with Gasteiger partial charge < -0.3 is 9.47 Å². The maximum absolute atomic E-state index is 5.44. The van der Waals surface area contributed by atoms with Crippen molar-refractivity contribution in [1.29, 1.82) is 0 Å². The van der Waals surface area contributed by atoms with Gasteiger partial charge in [0, 0.05) is 24.5 Å². The molecule has 1 aromatic rings. The Bertz CT molecular complexity index is 322. The summed E-state index contributed by atoms with van der Waals surface area (Å²) in [6, 6.07) is 3.77. The summed E-state index contributed by atoms with van der Waals surface area (Å²) in [5.74, 6) is 0.544. The van der Waals surface area contributed by atoms with Crippen molar-refractivity contribution in [2.75, 3.05) is 38.7 Å². The molecule has 0 amide bonds. The molecule has 0 aliphatic carbocycles. The minimum Gasteiger partial charge on any atom is -0.480 e. The van der Waals surface area contributed by atoms with E-state index >= 15 is 0 Å². The van der Waals surface area contributed by atoms with Crippen molar-refractivity contribution in [1.82, 2.24) is 15.1 Å². The van der Waals surface area contributed by atoms with Gasteiger partial charge in [-0.15, -0.1) is 5.10 Å². The van der Waals surface area contributed by atoms with Crippen molar-refractivity contribution in [3.05, 3.63) is 17.8 Å². The Morgan fingerprint density at radius 1 is 1.28 bits per heavy atom. The molecule has 102 valence electrons. The minimum atomic E-state index is 0.544. The number of aromatic nitrogens is 2. The zero-order chi connectivity index (χ0) is 13.2. The topological polar surface area (TPSA) is 47.5 Å². The number of alkyl halides is 1. The zero-order valence-electron chi connectivity index (χ0n) is 10.9. The van der Waals surface area contributed by atoms with Crippen molar-refractivity contribution in [3.8, 4) is 5.88 Å². The zero-order valence-corrected chi connectivity index (χ0v) is 12.5. The highest BCUT2D eigenvalue weighted by Crippen LogP contribution is 2.06. The minimum absolute atomic E-state index is 0.544. The van der Waals surface area contributed by atoms with Crippen LogP contribution in [0, 0.1) is 0 Å². The smallest absolute Gasteiger partial charge is 0.233 e. The molecule has 0 saturated heterocycles. The van der Waals surface area contributed by atoms with Gasteiger partial charge in [-0.3, -0.25) is 4.90 Å². The fourth-order valence-corrected chi connectivity index (χ4v) is 1.70. The van der Waals surface area contributed by atoms with Gasteiger partial charge in [-0.25, -0.2) is 0 Å². The van der Waals surface area contributed by atoms with E-state index in [0.29, 0.717) is 5.88 Å². The fourth-order valence-electron chi connectivity index (χ4n) is 1.47. The number of hydrogen-bond donors (Lipinski definition) is 0. The number of likely N-dealkylation sites (N-methyl/N-ethyl adjacent to an activating group) is 1. The van der Waals surface area contributed by atoms with Crippen LogP contribution in [0.5, 0.6) is 5.88 Å². The number of halogens is 1. The van der Waals surface area contributed by atoms with Gasteiger partial charge in [0.25, 0.3) is 0 Å². The maximum Gasteiger partial charge on any atom is 0.233 e. The van der Waals surface area contributed by atoms with Crippen molar-refractivity contribution in [2.45, 2.75) is 13.5 Å². The van der Waals surface area contributed by atoms with Gasteiger partial charge in [-0.05, 0) is 12.6 Å². The lowest BCUT2D eigenvalue weighted by molar-refractivity contribution is 0.114. The fraction of sp³-hybridized carbons (Fsp3) is 0.667. The van der Waals surface area contributed by atoms with Gasteiger partial charge in [0.05, 0.1) is 26.0 Å². The standard InChI is InChI=1S/C12H20BrN3O2/c1-3-16(7-9-18-8-6-13)10-11-4-5-12(17-2)15-14-11/h4-5H,3,6-10H2,1-2H3. The highest BCUT2D eigenvalue weighted by atomic mass is 79.9. The molecule has 1 heterocycles. The van der Waals surface area contributed by atoms with E-state index in [2.05, 4.69) is 38.0 Å². The Kier molecular flexibility index (Phi) is 7.88. The molecule has 0 N–H and O–H groups in total. The summed E-state index contributed by atoms with van der Waals surface area (Å²) in [4.78, 5) is 2.27. The Labute approximate surface area is 117 Å². The number of rotatable bonds is 9. The summed E-state index contributed by atoms with van der Waals surface area (Å²) in [6.07, 6.45) is 0. The van der Waals surface area contributed by atoms with Gasteiger partial charge in [0.15, 0.2) is 0 Å². The number of ether oxygens (including phenoxy) is 2. The van der Waals surface area contributed by atoms with E-state index in [9.17, 15) is 0 Å². The molecule has 18 heavy (non-hydrogen) atoms. The average Bonchev–Trinajstić information content (AvgIpc) is 2.43. The van der Waals surface area contributed by atoms with E-state index in [1.165, 1.54) is 0 Å². The molecule has 0 saturated carbocycles. The number of hydrogen-bond acceptors (Lipinski definition) is 5. The SMILES string of the molecule is CCN(CCOCCBr)Cc1ccc(OC)nn1. The molecule has 0 spiro atoms. The second-order valence-electron chi connectivity index (χ2n) is 3.74. The summed E-state index contributed by atoms with van der Waals surface area (Å²) < 4.78 is 10.4. The lowest BCUT2D eigenvalue weighted by Gasteiger charge is -2.19. The van der Waals surface area contributed by atoms with E-state index in [1.807, 2.05) is 12.1 Å². The molecule has 0 radical (unpaired) electrons. The largest absolute Gasteiger partial charge is 0.480 e. The monoisotopic (exact) mass is 317 g/mol. The van der Waals surface area contributed by atoms with Crippen LogP contribution < -0.4 is 4.74 Å². The van der Waals surface area contributed by atoms with Crippen LogP contribution >= 0.6 is 15.9 Å². The van der Waals surface area contributed by atoms with Crippen LogP contribution in [0.15, 0.2) is 12.1 Å². The molecule has 0 bridgehead atoms. The molecule has 0 aliphatic rings. The quantitative estimate of drug-likeness (QED) is 0.512. The summed E-state index contributed by atoms with van der Waals surface area (Å²) in [7, 11) is 1.59. The van der Waals surface area contributed by atoms with Crippen LogP contribution in [0.1, 0.15) is 12.6 Å². The summed E-state index contributed by atoms with van der Waals surface area (Å²) in [5, 5.41) is 8.95. The lowest BCUT2D eigenvalue weighted by atomic mass is 10.3. The summed E-state index contributed by atoms with van der Waals surface area (Å²) in [6.45, 7) is 6.26. The Morgan fingerprint density at radius 2 is 2.11 bits per heavy atom. The third-order valence-electron chi connectivity index (χ3n) is 2.51. The molecule has 5 nitrogen and oxygen atoms in total. The van der Waals surface area contributed by atoms with Crippen LogP contribution in [0.3, 0.4) is 0 Å².